The number of hydrogen-bond acceptors (Lipinski definition) is 4. The summed E-state index contributed by atoms with van der Waals surface area (Å²) >= 11 is 1.86. The van der Waals surface area contributed by atoms with Crippen molar-refractivity contribution in [2.45, 2.75) is 23.6 Å². The van der Waals surface area contributed by atoms with Crippen LogP contribution in [0.3, 0.4) is 0 Å². The first-order valence-corrected chi connectivity index (χ1v) is 10.5. The zero-order valence-corrected chi connectivity index (χ0v) is 18.1. The van der Waals surface area contributed by atoms with Gasteiger partial charge >= 0.3 is 0 Å². The molecule has 28 heavy (non-hydrogen) atoms. The van der Waals surface area contributed by atoms with Crippen molar-refractivity contribution >= 4 is 17.7 Å². The molecule has 0 aliphatic heterocycles. The van der Waals surface area contributed by atoms with Gasteiger partial charge in [0.2, 0.25) is 0 Å². The van der Waals surface area contributed by atoms with Crippen LogP contribution < -0.4 is 15.4 Å². The molecule has 0 saturated heterocycles. The Hall–Kier alpha value is -2.18. The van der Waals surface area contributed by atoms with E-state index in [0.29, 0.717) is 18.4 Å². The molecule has 2 aromatic rings. The number of hydrogen-bond donors (Lipinski definition) is 2. The monoisotopic (exact) mass is 400 g/mol. The number of aliphatic imine (C=N–C) groups is 1. The summed E-state index contributed by atoms with van der Waals surface area (Å²) in [6, 6.07) is 18.6. The van der Waals surface area contributed by atoms with Gasteiger partial charge in [-0.15, -0.1) is 11.8 Å². The topological polar surface area (TPSA) is 48.9 Å². The Morgan fingerprint density at radius 1 is 1.11 bits per heavy atom. The summed E-state index contributed by atoms with van der Waals surface area (Å²) in [5.41, 5.74) is 1.16. The maximum absolute atomic E-state index is 5.81. The molecule has 0 amide bonds. The van der Waals surface area contributed by atoms with Crippen LogP contribution in [0.15, 0.2) is 64.5 Å². The largest absolute Gasteiger partial charge is 0.492 e. The normalized spacial score (nSPS) is 12.7. The summed E-state index contributed by atoms with van der Waals surface area (Å²) in [4.78, 5) is 7.71. The van der Waals surface area contributed by atoms with Crippen molar-refractivity contribution in [3.05, 3.63) is 60.2 Å². The zero-order valence-electron chi connectivity index (χ0n) is 17.3. The molecule has 0 saturated carbocycles. The number of benzene rings is 2. The van der Waals surface area contributed by atoms with Crippen LogP contribution in [-0.2, 0) is 6.54 Å². The first-order chi connectivity index (χ1) is 13.6. The van der Waals surface area contributed by atoms with E-state index in [1.165, 1.54) is 4.90 Å². The van der Waals surface area contributed by atoms with E-state index >= 15 is 0 Å². The summed E-state index contributed by atoms with van der Waals surface area (Å²) in [7, 11) is 5.88. The summed E-state index contributed by atoms with van der Waals surface area (Å²) < 4.78 is 5.81. The van der Waals surface area contributed by atoms with Gasteiger partial charge in [-0.1, -0.05) is 37.3 Å². The molecular formula is C22H32N4OS. The van der Waals surface area contributed by atoms with Crippen LogP contribution in [0.25, 0.3) is 0 Å². The molecule has 1 unspecified atom stereocenters. The molecular weight excluding hydrogens is 368 g/mol. The standard InChI is InChI=1S/C22H32N4OS/c1-18(28-21-11-6-5-7-12-21)16-24-22(23-2)25-17-19-9-8-10-20(15-19)27-14-13-26(3)4/h5-12,15,18H,13-14,16-17H2,1-4H3,(H2,23,24,25). The molecule has 0 aliphatic carbocycles. The Morgan fingerprint density at radius 2 is 1.89 bits per heavy atom. The van der Waals surface area contributed by atoms with Crippen LogP contribution >= 0.6 is 11.8 Å². The third kappa shape index (κ3) is 8.67. The van der Waals surface area contributed by atoms with Gasteiger partial charge in [0.15, 0.2) is 5.96 Å². The van der Waals surface area contributed by atoms with E-state index in [2.05, 4.69) is 63.8 Å². The average Bonchev–Trinajstić information content (AvgIpc) is 2.69. The molecule has 152 valence electrons. The molecule has 2 N–H and O–H groups in total. The van der Waals surface area contributed by atoms with Crippen molar-refractivity contribution in [3.8, 4) is 5.75 Å². The fourth-order valence-corrected chi connectivity index (χ4v) is 3.46. The highest BCUT2D eigenvalue weighted by atomic mass is 32.2. The van der Waals surface area contributed by atoms with Gasteiger partial charge < -0.3 is 20.3 Å². The number of thioether (sulfide) groups is 1. The van der Waals surface area contributed by atoms with Crippen LogP contribution in [0.1, 0.15) is 12.5 Å². The molecule has 0 fully saturated rings. The van der Waals surface area contributed by atoms with Gasteiger partial charge in [0, 0.05) is 36.8 Å². The summed E-state index contributed by atoms with van der Waals surface area (Å²) in [5, 5.41) is 7.21. The lowest BCUT2D eigenvalue weighted by Crippen LogP contribution is -2.39. The fraction of sp³-hybridized carbons (Fsp3) is 0.409. The van der Waals surface area contributed by atoms with Crippen molar-refractivity contribution in [3.63, 3.8) is 0 Å². The van der Waals surface area contributed by atoms with Crippen LogP contribution in [0.4, 0.5) is 0 Å². The van der Waals surface area contributed by atoms with Crippen molar-refractivity contribution in [2.75, 3.05) is 40.8 Å². The van der Waals surface area contributed by atoms with Crippen molar-refractivity contribution in [1.82, 2.24) is 15.5 Å². The molecule has 0 aliphatic rings. The first kappa shape index (κ1) is 22.1. The van der Waals surface area contributed by atoms with Gasteiger partial charge in [0.25, 0.3) is 0 Å². The third-order valence-electron chi connectivity index (χ3n) is 4.03. The van der Waals surface area contributed by atoms with Crippen LogP contribution in [0, 0.1) is 0 Å². The Labute approximate surface area is 173 Å². The van der Waals surface area contributed by atoms with Gasteiger partial charge in [-0.05, 0) is 43.9 Å². The van der Waals surface area contributed by atoms with E-state index in [1.807, 2.05) is 44.1 Å². The Balaban J connectivity index is 1.75. The second-order valence-corrected chi connectivity index (χ2v) is 8.36. The number of rotatable bonds is 10. The number of ether oxygens (including phenoxy) is 1. The minimum Gasteiger partial charge on any atom is -0.492 e. The molecule has 5 nitrogen and oxygen atoms in total. The zero-order chi connectivity index (χ0) is 20.2. The third-order valence-corrected chi connectivity index (χ3v) is 5.14. The second kappa shape index (κ2) is 12.3. The number of nitrogens with zero attached hydrogens (tertiary/aromatic N) is 2. The number of likely N-dealkylation sites (N-methyl/N-ethyl adjacent to an activating group) is 1. The molecule has 0 heterocycles. The van der Waals surface area contributed by atoms with Crippen molar-refractivity contribution in [2.24, 2.45) is 4.99 Å². The van der Waals surface area contributed by atoms with Gasteiger partial charge in [-0.25, -0.2) is 0 Å². The highest BCUT2D eigenvalue weighted by Gasteiger charge is 2.06. The van der Waals surface area contributed by atoms with Crippen molar-refractivity contribution in [1.29, 1.82) is 0 Å². The van der Waals surface area contributed by atoms with Crippen molar-refractivity contribution < 1.29 is 4.74 Å². The lowest BCUT2D eigenvalue weighted by Gasteiger charge is -2.16. The first-order valence-electron chi connectivity index (χ1n) is 9.59. The molecule has 6 heteroatoms. The number of guanidine groups is 1. The highest BCUT2D eigenvalue weighted by molar-refractivity contribution is 8.00. The molecule has 0 spiro atoms. The minimum atomic E-state index is 0.439. The summed E-state index contributed by atoms with van der Waals surface area (Å²) in [5.74, 6) is 1.71. The highest BCUT2D eigenvalue weighted by Crippen LogP contribution is 2.21. The van der Waals surface area contributed by atoms with Crippen LogP contribution in [0.5, 0.6) is 5.75 Å². The lowest BCUT2D eigenvalue weighted by atomic mass is 10.2. The average molecular weight is 401 g/mol. The smallest absolute Gasteiger partial charge is 0.191 e. The maximum Gasteiger partial charge on any atom is 0.191 e. The Kier molecular flexibility index (Phi) is 9.72. The van der Waals surface area contributed by atoms with E-state index in [0.717, 1.165) is 30.4 Å². The van der Waals surface area contributed by atoms with E-state index in [9.17, 15) is 0 Å². The molecule has 2 aromatic carbocycles. The Morgan fingerprint density at radius 3 is 2.61 bits per heavy atom. The molecule has 2 rings (SSSR count). The Bertz CT molecular complexity index is 721. The van der Waals surface area contributed by atoms with E-state index in [-0.39, 0.29) is 0 Å². The molecule has 0 radical (unpaired) electrons. The summed E-state index contributed by atoms with van der Waals surface area (Å²) in [6.45, 7) is 5.34. The predicted octanol–water partition coefficient (Wildman–Crippen LogP) is 3.47. The SMILES string of the molecule is CN=C(NCc1cccc(OCCN(C)C)c1)NCC(C)Sc1ccccc1. The van der Waals surface area contributed by atoms with Gasteiger partial charge in [0.05, 0.1) is 0 Å². The van der Waals surface area contributed by atoms with Crippen LogP contribution in [0.2, 0.25) is 0 Å². The minimum absolute atomic E-state index is 0.439. The predicted molar refractivity (Wildman–Crippen MR) is 120 cm³/mol. The van der Waals surface area contributed by atoms with Gasteiger partial charge in [-0.2, -0.15) is 0 Å². The van der Waals surface area contributed by atoms with Crippen LogP contribution in [-0.4, -0.2) is 56.9 Å². The quantitative estimate of drug-likeness (QED) is 0.363. The lowest BCUT2D eigenvalue weighted by molar-refractivity contribution is 0.261. The number of nitrogens with one attached hydrogen (secondary N) is 2. The van der Waals surface area contributed by atoms with Gasteiger partial charge in [0.1, 0.15) is 12.4 Å². The summed E-state index contributed by atoms with van der Waals surface area (Å²) in [6.07, 6.45) is 0. The van der Waals surface area contributed by atoms with E-state index < -0.39 is 0 Å². The van der Waals surface area contributed by atoms with E-state index in [1.54, 1.807) is 7.05 Å². The molecule has 0 aromatic heterocycles. The fourth-order valence-electron chi connectivity index (χ4n) is 2.51. The maximum atomic E-state index is 5.81. The molecule has 0 bridgehead atoms. The van der Waals surface area contributed by atoms with Gasteiger partial charge in [-0.3, -0.25) is 4.99 Å². The van der Waals surface area contributed by atoms with E-state index in [4.69, 9.17) is 4.74 Å². The second-order valence-electron chi connectivity index (χ2n) is 6.85. The molecule has 1 atom stereocenters.